The van der Waals surface area contributed by atoms with Crippen molar-refractivity contribution >= 4 is 40.1 Å². The summed E-state index contributed by atoms with van der Waals surface area (Å²) in [6.45, 7) is 0. The summed E-state index contributed by atoms with van der Waals surface area (Å²) in [4.78, 5) is 15.9. The maximum Gasteiger partial charge on any atom is 0.323 e. The van der Waals surface area contributed by atoms with E-state index >= 15 is 0 Å². The SMILES string of the molecule is O=C(Nc1ccc2ncoc2c1)Nc1ccccc1Cl. The number of hydrogen-bond donors (Lipinski definition) is 2. The first-order valence-electron chi connectivity index (χ1n) is 5.88. The molecule has 5 nitrogen and oxygen atoms in total. The van der Waals surface area contributed by atoms with Crippen molar-refractivity contribution in [2.75, 3.05) is 10.6 Å². The first kappa shape index (κ1) is 12.5. The van der Waals surface area contributed by atoms with E-state index in [0.29, 0.717) is 22.0 Å². The van der Waals surface area contributed by atoms with E-state index in [4.69, 9.17) is 16.0 Å². The Morgan fingerprint density at radius 3 is 2.85 bits per heavy atom. The van der Waals surface area contributed by atoms with Gasteiger partial charge in [-0.05, 0) is 24.3 Å². The molecule has 0 radical (unpaired) electrons. The van der Waals surface area contributed by atoms with Crippen LogP contribution in [-0.4, -0.2) is 11.0 Å². The van der Waals surface area contributed by atoms with E-state index in [1.165, 1.54) is 6.39 Å². The molecule has 20 heavy (non-hydrogen) atoms. The molecule has 0 aliphatic heterocycles. The molecule has 0 bridgehead atoms. The van der Waals surface area contributed by atoms with Gasteiger partial charge in [-0.15, -0.1) is 0 Å². The second-order valence-corrected chi connectivity index (χ2v) is 4.50. The van der Waals surface area contributed by atoms with Gasteiger partial charge >= 0.3 is 6.03 Å². The Morgan fingerprint density at radius 2 is 2.00 bits per heavy atom. The van der Waals surface area contributed by atoms with Crippen molar-refractivity contribution in [3.8, 4) is 0 Å². The van der Waals surface area contributed by atoms with Crippen LogP contribution in [0.1, 0.15) is 0 Å². The van der Waals surface area contributed by atoms with Gasteiger partial charge in [-0.25, -0.2) is 9.78 Å². The molecule has 2 aromatic carbocycles. The van der Waals surface area contributed by atoms with Crippen LogP contribution in [-0.2, 0) is 0 Å². The van der Waals surface area contributed by atoms with Gasteiger partial charge in [0.25, 0.3) is 0 Å². The van der Waals surface area contributed by atoms with Crippen molar-refractivity contribution in [3.63, 3.8) is 0 Å². The number of hydrogen-bond acceptors (Lipinski definition) is 3. The Balaban J connectivity index is 1.74. The fourth-order valence-electron chi connectivity index (χ4n) is 1.78. The standard InChI is InChI=1S/C14H10ClN3O2/c15-10-3-1-2-4-11(10)18-14(19)17-9-5-6-12-13(7-9)20-8-16-12/h1-8H,(H2,17,18,19). The third-order valence-electron chi connectivity index (χ3n) is 2.71. The summed E-state index contributed by atoms with van der Waals surface area (Å²) in [5.74, 6) is 0. The summed E-state index contributed by atoms with van der Waals surface area (Å²) in [6.07, 6.45) is 1.36. The number of amides is 2. The van der Waals surface area contributed by atoms with Gasteiger partial charge in [0, 0.05) is 11.8 Å². The van der Waals surface area contributed by atoms with Gasteiger partial charge < -0.3 is 15.1 Å². The van der Waals surface area contributed by atoms with Crippen molar-refractivity contribution in [2.24, 2.45) is 0 Å². The Kier molecular flexibility index (Phi) is 3.26. The Hall–Kier alpha value is -2.53. The molecule has 0 aliphatic carbocycles. The van der Waals surface area contributed by atoms with E-state index < -0.39 is 0 Å². The zero-order chi connectivity index (χ0) is 13.9. The number of fused-ring (bicyclic) bond motifs is 1. The number of rotatable bonds is 2. The van der Waals surface area contributed by atoms with Crippen LogP contribution in [0, 0.1) is 0 Å². The third-order valence-corrected chi connectivity index (χ3v) is 3.04. The molecule has 0 unspecified atom stereocenters. The van der Waals surface area contributed by atoms with Gasteiger partial charge in [-0.3, -0.25) is 0 Å². The number of para-hydroxylation sites is 1. The lowest BCUT2D eigenvalue weighted by Crippen LogP contribution is -2.19. The monoisotopic (exact) mass is 287 g/mol. The molecule has 3 aromatic rings. The molecule has 0 atom stereocenters. The molecule has 0 saturated heterocycles. The molecule has 100 valence electrons. The molecular weight excluding hydrogens is 278 g/mol. The van der Waals surface area contributed by atoms with E-state index in [2.05, 4.69) is 15.6 Å². The molecular formula is C14H10ClN3O2. The van der Waals surface area contributed by atoms with Gasteiger partial charge in [0.15, 0.2) is 12.0 Å². The molecule has 0 spiro atoms. The topological polar surface area (TPSA) is 67.2 Å². The molecule has 1 aromatic heterocycles. The van der Waals surface area contributed by atoms with Gasteiger partial charge in [-0.2, -0.15) is 0 Å². The number of nitrogens with zero attached hydrogens (tertiary/aromatic N) is 1. The zero-order valence-electron chi connectivity index (χ0n) is 10.3. The van der Waals surface area contributed by atoms with Crippen molar-refractivity contribution in [3.05, 3.63) is 53.9 Å². The normalized spacial score (nSPS) is 10.4. The third kappa shape index (κ3) is 2.57. The Morgan fingerprint density at radius 1 is 1.15 bits per heavy atom. The predicted molar refractivity (Wildman–Crippen MR) is 78.1 cm³/mol. The highest BCUT2D eigenvalue weighted by Crippen LogP contribution is 2.21. The molecule has 3 rings (SSSR count). The van der Waals surface area contributed by atoms with E-state index in [9.17, 15) is 4.79 Å². The fraction of sp³-hybridized carbons (Fsp3) is 0. The van der Waals surface area contributed by atoms with E-state index in [1.807, 2.05) is 0 Å². The van der Waals surface area contributed by atoms with E-state index in [-0.39, 0.29) is 6.03 Å². The van der Waals surface area contributed by atoms with Crippen molar-refractivity contribution in [1.29, 1.82) is 0 Å². The number of nitrogens with one attached hydrogen (secondary N) is 2. The average molecular weight is 288 g/mol. The number of carbonyl (C=O) groups is 1. The van der Waals surface area contributed by atoms with Gasteiger partial charge in [0.2, 0.25) is 0 Å². The Bertz CT molecular complexity index is 770. The zero-order valence-corrected chi connectivity index (χ0v) is 11.0. The average Bonchev–Trinajstić information content (AvgIpc) is 2.89. The van der Waals surface area contributed by atoms with Crippen LogP contribution >= 0.6 is 11.6 Å². The molecule has 2 amide bonds. The molecule has 0 saturated carbocycles. The summed E-state index contributed by atoms with van der Waals surface area (Å²) < 4.78 is 5.17. The van der Waals surface area contributed by atoms with Crippen LogP contribution in [0.5, 0.6) is 0 Å². The lowest BCUT2D eigenvalue weighted by Gasteiger charge is -2.08. The quantitative estimate of drug-likeness (QED) is 0.745. The summed E-state index contributed by atoms with van der Waals surface area (Å²) in [6, 6.07) is 11.9. The second kappa shape index (κ2) is 5.22. The molecule has 6 heteroatoms. The number of carbonyl (C=O) groups excluding carboxylic acids is 1. The summed E-state index contributed by atoms with van der Waals surface area (Å²) >= 11 is 5.97. The van der Waals surface area contributed by atoms with E-state index in [0.717, 1.165) is 5.52 Å². The minimum atomic E-state index is -0.378. The number of anilines is 2. The van der Waals surface area contributed by atoms with Crippen molar-refractivity contribution in [2.45, 2.75) is 0 Å². The van der Waals surface area contributed by atoms with Crippen LogP contribution in [0.15, 0.2) is 53.3 Å². The minimum Gasteiger partial charge on any atom is -0.443 e. The van der Waals surface area contributed by atoms with Crippen LogP contribution < -0.4 is 10.6 Å². The molecule has 0 aliphatic rings. The highest BCUT2D eigenvalue weighted by atomic mass is 35.5. The molecule has 2 N–H and O–H groups in total. The minimum absolute atomic E-state index is 0.378. The first-order valence-corrected chi connectivity index (χ1v) is 6.26. The second-order valence-electron chi connectivity index (χ2n) is 4.09. The number of urea groups is 1. The summed E-state index contributed by atoms with van der Waals surface area (Å²) in [5, 5.41) is 5.86. The lowest BCUT2D eigenvalue weighted by molar-refractivity contribution is 0.262. The molecule has 0 fully saturated rings. The summed E-state index contributed by atoms with van der Waals surface area (Å²) in [5.41, 5.74) is 2.51. The van der Waals surface area contributed by atoms with Gasteiger partial charge in [0.05, 0.1) is 10.7 Å². The Labute approximate surface area is 119 Å². The van der Waals surface area contributed by atoms with Crippen molar-refractivity contribution in [1.82, 2.24) is 4.98 Å². The fourth-order valence-corrected chi connectivity index (χ4v) is 1.96. The van der Waals surface area contributed by atoms with Crippen LogP contribution in [0.4, 0.5) is 16.2 Å². The van der Waals surface area contributed by atoms with Gasteiger partial charge in [-0.1, -0.05) is 23.7 Å². The van der Waals surface area contributed by atoms with Crippen LogP contribution in [0.25, 0.3) is 11.1 Å². The van der Waals surface area contributed by atoms with Crippen LogP contribution in [0.2, 0.25) is 5.02 Å². The van der Waals surface area contributed by atoms with Gasteiger partial charge in [0.1, 0.15) is 5.52 Å². The predicted octanol–water partition coefficient (Wildman–Crippen LogP) is 4.13. The largest absolute Gasteiger partial charge is 0.443 e. The summed E-state index contributed by atoms with van der Waals surface area (Å²) in [7, 11) is 0. The van der Waals surface area contributed by atoms with E-state index in [1.54, 1.807) is 42.5 Å². The highest BCUT2D eigenvalue weighted by molar-refractivity contribution is 6.33. The lowest BCUT2D eigenvalue weighted by atomic mass is 10.3. The maximum absolute atomic E-state index is 11.9. The molecule has 1 heterocycles. The number of halogens is 1. The van der Waals surface area contributed by atoms with Crippen molar-refractivity contribution < 1.29 is 9.21 Å². The number of benzene rings is 2. The number of aromatic nitrogens is 1. The maximum atomic E-state index is 11.9. The van der Waals surface area contributed by atoms with Crippen LogP contribution in [0.3, 0.4) is 0 Å². The first-order chi connectivity index (χ1) is 9.72. The smallest absolute Gasteiger partial charge is 0.323 e. The number of oxazole rings is 1. The highest BCUT2D eigenvalue weighted by Gasteiger charge is 2.06.